The summed E-state index contributed by atoms with van der Waals surface area (Å²) in [5.41, 5.74) is 3.01. The largest absolute Gasteiger partial charge is 0.204 e. The summed E-state index contributed by atoms with van der Waals surface area (Å²) in [7, 11) is 0. The molecule has 0 bridgehead atoms. The highest BCUT2D eigenvalue weighted by molar-refractivity contribution is 5.63. The SMILES string of the molecule is C/C=C/C1CCC(C2CCC(CCc3ccc(-c4ccc(F)c(F)c4)cc3)CC2)CC1. The Hall–Kier alpha value is -1.96. The van der Waals surface area contributed by atoms with Crippen LogP contribution in [0.5, 0.6) is 0 Å². The minimum absolute atomic E-state index is 0.725. The van der Waals surface area contributed by atoms with Crippen molar-refractivity contribution in [1.29, 1.82) is 0 Å². The van der Waals surface area contributed by atoms with Crippen molar-refractivity contribution in [3.05, 3.63) is 71.8 Å². The first-order chi connectivity index (χ1) is 15.1. The van der Waals surface area contributed by atoms with E-state index >= 15 is 0 Å². The van der Waals surface area contributed by atoms with Crippen molar-refractivity contribution >= 4 is 0 Å². The van der Waals surface area contributed by atoms with Crippen molar-refractivity contribution in [1.82, 2.24) is 0 Å². The van der Waals surface area contributed by atoms with Crippen molar-refractivity contribution in [3.8, 4) is 11.1 Å². The molecule has 0 atom stereocenters. The Labute approximate surface area is 186 Å². The van der Waals surface area contributed by atoms with Crippen LogP contribution < -0.4 is 0 Å². The van der Waals surface area contributed by atoms with Crippen LogP contribution in [0, 0.1) is 35.3 Å². The lowest BCUT2D eigenvalue weighted by atomic mass is 9.68. The van der Waals surface area contributed by atoms with Gasteiger partial charge < -0.3 is 0 Å². The monoisotopic (exact) mass is 422 g/mol. The molecule has 2 aromatic carbocycles. The standard InChI is InChI=1S/C29H36F2/c1-2-3-21-6-12-24(13-7-21)25-14-8-22(9-15-25)4-5-23-10-16-26(17-11-23)27-18-19-28(30)29(31)20-27/h2-3,10-11,16-22,24-25H,4-9,12-15H2,1H3/b3-2+. The van der Waals surface area contributed by atoms with Gasteiger partial charge in [0.1, 0.15) is 0 Å². The van der Waals surface area contributed by atoms with Gasteiger partial charge in [-0.1, -0.05) is 55.3 Å². The average molecular weight is 423 g/mol. The van der Waals surface area contributed by atoms with Crippen LogP contribution in [0.4, 0.5) is 8.78 Å². The molecule has 2 fully saturated rings. The molecule has 2 saturated carbocycles. The van der Waals surface area contributed by atoms with Gasteiger partial charge in [0.25, 0.3) is 0 Å². The maximum Gasteiger partial charge on any atom is 0.159 e. The molecule has 4 rings (SSSR count). The highest BCUT2D eigenvalue weighted by Gasteiger charge is 2.30. The van der Waals surface area contributed by atoms with E-state index in [2.05, 4.69) is 31.2 Å². The Kier molecular flexibility index (Phi) is 7.58. The summed E-state index contributed by atoms with van der Waals surface area (Å²) in [4.78, 5) is 0. The predicted molar refractivity (Wildman–Crippen MR) is 126 cm³/mol. The number of rotatable bonds is 6. The number of allylic oxidation sites excluding steroid dienone is 2. The van der Waals surface area contributed by atoms with Gasteiger partial charge in [-0.3, -0.25) is 0 Å². The van der Waals surface area contributed by atoms with Gasteiger partial charge >= 0.3 is 0 Å². The van der Waals surface area contributed by atoms with E-state index in [1.54, 1.807) is 6.07 Å². The van der Waals surface area contributed by atoms with Gasteiger partial charge in [-0.25, -0.2) is 8.78 Å². The van der Waals surface area contributed by atoms with E-state index in [0.29, 0.717) is 0 Å². The number of benzene rings is 2. The zero-order valence-electron chi connectivity index (χ0n) is 18.8. The molecule has 0 amide bonds. The highest BCUT2D eigenvalue weighted by atomic mass is 19.2. The molecule has 2 aliphatic rings. The van der Waals surface area contributed by atoms with Gasteiger partial charge in [0, 0.05) is 0 Å². The number of hydrogen-bond acceptors (Lipinski definition) is 0. The fraction of sp³-hybridized carbons (Fsp3) is 0.517. The molecule has 31 heavy (non-hydrogen) atoms. The van der Waals surface area contributed by atoms with Crippen molar-refractivity contribution in [3.63, 3.8) is 0 Å². The molecule has 0 spiro atoms. The van der Waals surface area contributed by atoms with E-state index in [1.807, 2.05) is 12.1 Å². The molecule has 0 unspecified atom stereocenters. The van der Waals surface area contributed by atoms with E-state index < -0.39 is 11.6 Å². The molecule has 0 radical (unpaired) electrons. The molecule has 2 aliphatic carbocycles. The third-order valence-corrected chi connectivity index (χ3v) is 7.89. The number of hydrogen-bond donors (Lipinski definition) is 0. The number of aryl methyl sites for hydroxylation is 1. The summed E-state index contributed by atoms with van der Waals surface area (Å²) in [6, 6.07) is 12.5. The van der Waals surface area contributed by atoms with E-state index in [-0.39, 0.29) is 0 Å². The fourth-order valence-corrected chi connectivity index (χ4v) is 5.94. The van der Waals surface area contributed by atoms with Gasteiger partial charge in [0.05, 0.1) is 0 Å². The fourth-order valence-electron chi connectivity index (χ4n) is 5.94. The molecule has 0 aromatic heterocycles. The van der Waals surface area contributed by atoms with Gasteiger partial charge in [0.15, 0.2) is 11.6 Å². The Balaban J connectivity index is 1.21. The molecule has 2 aromatic rings. The molecule has 166 valence electrons. The molecule has 0 saturated heterocycles. The predicted octanol–water partition coefficient (Wildman–Crippen LogP) is 8.75. The first-order valence-corrected chi connectivity index (χ1v) is 12.3. The van der Waals surface area contributed by atoms with E-state index in [0.717, 1.165) is 41.2 Å². The molecular formula is C29H36F2. The molecule has 0 N–H and O–H groups in total. The molecule has 2 heteroatoms. The second-order valence-corrected chi connectivity index (χ2v) is 9.85. The smallest absolute Gasteiger partial charge is 0.159 e. The second kappa shape index (κ2) is 10.6. The van der Waals surface area contributed by atoms with Crippen LogP contribution in [0.2, 0.25) is 0 Å². The van der Waals surface area contributed by atoms with Gasteiger partial charge in [-0.05, 0) is 111 Å². The maximum absolute atomic E-state index is 13.5. The minimum Gasteiger partial charge on any atom is -0.204 e. The normalized spacial score (nSPS) is 26.9. The van der Waals surface area contributed by atoms with Gasteiger partial charge in [-0.15, -0.1) is 0 Å². The van der Waals surface area contributed by atoms with Crippen LogP contribution in [0.1, 0.15) is 70.3 Å². The maximum atomic E-state index is 13.5. The zero-order chi connectivity index (χ0) is 21.6. The molecular weight excluding hydrogens is 386 g/mol. The van der Waals surface area contributed by atoms with Crippen LogP contribution in [-0.2, 0) is 6.42 Å². The van der Waals surface area contributed by atoms with Crippen LogP contribution in [0.15, 0.2) is 54.6 Å². The average Bonchev–Trinajstić information content (AvgIpc) is 2.81. The Morgan fingerprint density at radius 1 is 0.742 bits per heavy atom. The van der Waals surface area contributed by atoms with E-state index in [9.17, 15) is 8.78 Å². The third-order valence-electron chi connectivity index (χ3n) is 7.89. The summed E-state index contributed by atoms with van der Waals surface area (Å²) >= 11 is 0. The van der Waals surface area contributed by atoms with Crippen LogP contribution in [-0.4, -0.2) is 0 Å². The summed E-state index contributed by atoms with van der Waals surface area (Å²) in [6.45, 7) is 2.15. The zero-order valence-corrected chi connectivity index (χ0v) is 18.8. The summed E-state index contributed by atoms with van der Waals surface area (Å²) in [6.07, 6.45) is 18.3. The lowest BCUT2D eigenvalue weighted by Crippen LogP contribution is -2.25. The molecule has 0 heterocycles. The third kappa shape index (κ3) is 5.84. The minimum atomic E-state index is -0.795. The summed E-state index contributed by atoms with van der Waals surface area (Å²) < 4.78 is 26.6. The molecule has 0 aliphatic heterocycles. The first kappa shape index (κ1) is 22.2. The first-order valence-electron chi connectivity index (χ1n) is 12.3. The highest BCUT2D eigenvalue weighted by Crippen LogP contribution is 2.42. The summed E-state index contributed by atoms with van der Waals surface area (Å²) in [5.74, 6) is 2.07. The Morgan fingerprint density at radius 3 is 1.97 bits per heavy atom. The number of halogens is 2. The molecule has 0 nitrogen and oxygen atoms in total. The lowest BCUT2D eigenvalue weighted by molar-refractivity contribution is 0.152. The van der Waals surface area contributed by atoms with Gasteiger partial charge in [-0.2, -0.15) is 0 Å². The van der Waals surface area contributed by atoms with E-state index in [4.69, 9.17) is 0 Å². The summed E-state index contributed by atoms with van der Waals surface area (Å²) in [5, 5.41) is 0. The quantitative estimate of drug-likeness (QED) is 0.408. The van der Waals surface area contributed by atoms with Crippen molar-refractivity contribution in [2.24, 2.45) is 23.7 Å². The van der Waals surface area contributed by atoms with Crippen molar-refractivity contribution < 1.29 is 8.78 Å². The van der Waals surface area contributed by atoms with Gasteiger partial charge in [0.2, 0.25) is 0 Å². The lowest BCUT2D eigenvalue weighted by Gasteiger charge is -2.37. The van der Waals surface area contributed by atoms with Crippen molar-refractivity contribution in [2.75, 3.05) is 0 Å². The van der Waals surface area contributed by atoms with Crippen LogP contribution in [0.25, 0.3) is 11.1 Å². The second-order valence-electron chi connectivity index (χ2n) is 9.85. The topological polar surface area (TPSA) is 0 Å². The van der Waals surface area contributed by atoms with Crippen LogP contribution in [0.3, 0.4) is 0 Å². The Morgan fingerprint density at radius 2 is 1.35 bits per heavy atom. The van der Waals surface area contributed by atoms with Crippen LogP contribution >= 0.6 is 0 Å². The Bertz CT molecular complexity index is 851. The van der Waals surface area contributed by atoms with Crippen molar-refractivity contribution in [2.45, 2.75) is 71.1 Å². The van der Waals surface area contributed by atoms with E-state index in [1.165, 1.54) is 75.5 Å².